The number of methoxy groups -OCH3 is 2. The van der Waals surface area contributed by atoms with E-state index in [2.05, 4.69) is 28.7 Å². The zero-order valence-corrected chi connectivity index (χ0v) is 13.4. The molecule has 0 saturated carbocycles. The SMILES string of the molecule is COc1ccc2c(N3C[C@@H](C)O[C@@H](C)C3)ncnc2c1OC. The van der Waals surface area contributed by atoms with Crippen molar-refractivity contribution in [2.24, 2.45) is 0 Å². The van der Waals surface area contributed by atoms with Gasteiger partial charge in [0.1, 0.15) is 17.7 Å². The van der Waals surface area contributed by atoms with E-state index in [0.29, 0.717) is 11.5 Å². The van der Waals surface area contributed by atoms with Crippen LogP contribution in [0.3, 0.4) is 0 Å². The maximum absolute atomic E-state index is 5.80. The Hall–Kier alpha value is -2.08. The number of aromatic nitrogens is 2. The Balaban J connectivity index is 2.11. The van der Waals surface area contributed by atoms with E-state index in [1.807, 2.05) is 12.1 Å². The number of morpholine rings is 1. The summed E-state index contributed by atoms with van der Waals surface area (Å²) in [5.41, 5.74) is 0.763. The normalized spacial score (nSPS) is 21.9. The van der Waals surface area contributed by atoms with E-state index in [0.717, 1.165) is 29.8 Å². The maximum atomic E-state index is 5.80. The van der Waals surface area contributed by atoms with E-state index in [4.69, 9.17) is 14.2 Å². The Bertz CT molecular complexity index is 667. The van der Waals surface area contributed by atoms with Crippen molar-refractivity contribution in [2.75, 3.05) is 32.2 Å². The third-order valence-corrected chi connectivity index (χ3v) is 3.85. The fourth-order valence-electron chi connectivity index (χ4n) is 3.03. The summed E-state index contributed by atoms with van der Waals surface area (Å²) in [5.74, 6) is 2.22. The lowest BCUT2D eigenvalue weighted by Gasteiger charge is -2.36. The van der Waals surface area contributed by atoms with E-state index in [1.54, 1.807) is 20.5 Å². The van der Waals surface area contributed by atoms with E-state index < -0.39 is 0 Å². The monoisotopic (exact) mass is 303 g/mol. The molecular weight excluding hydrogens is 282 g/mol. The van der Waals surface area contributed by atoms with Crippen LogP contribution in [0.4, 0.5) is 5.82 Å². The molecule has 0 spiro atoms. The van der Waals surface area contributed by atoms with Crippen molar-refractivity contribution in [3.8, 4) is 11.5 Å². The van der Waals surface area contributed by atoms with Gasteiger partial charge in [0.15, 0.2) is 11.5 Å². The smallest absolute Gasteiger partial charge is 0.187 e. The van der Waals surface area contributed by atoms with E-state index in [-0.39, 0.29) is 12.2 Å². The molecule has 0 radical (unpaired) electrons. The summed E-state index contributed by atoms with van der Waals surface area (Å²) in [5, 5.41) is 0.960. The van der Waals surface area contributed by atoms with Crippen LogP contribution < -0.4 is 14.4 Å². The van der Waals surface area contributed by atoms with Crippen LogP contribution in [0.5, 0.6) is 11.5 Å². The summed E-state index contributed by atoms with van der Waals surface area (Å²) in [6, 6.07) is 3.87. The van der Waals surface area contributed by atoms with Crippen molar-refractivity contribution in [3.63, 3.8) is 0 Å². The molecule has 2 aromatic rings. The minimum Gasteiger partial charge on any atom is -0.493 e. The molecule has 3 rings (SSSR count). The summed E-state index contributed by atoms with van der Waals surface area (Å²) in [4.78, 5) is 11.1. The molecule has 2 heterocycles. The second-order valence-electron chi connectivity index (χ2n) is 5.56. The Labute approximate surface area is 130 Å². The van der Waals surface area contributed by atoms with Crippen molar-refractivity contribution in [1.82, 2.24) is 9.97 Å². The predicted octanol–water partition coefficient (Wildman–Crippen LogP) is 2.26. The fourth-order valence-corrected chi connectivity index (χ4v) is 3.03. The van der Waals surface area contributed by atoms with Gasteiger partial charge in [0.05, 0.1) is 26.4 Å². The number of hydrogen-bond acceptors (Lipinski definition) is 6. The third-order valence-electron chi connectivity index (χ3n) is 3.85. The summed E-state index contributed by atoms with van der Waals surface area (Å²) in [6.07, 6.45) is 1.92. The number of ether oxygens (including phenoxy) is 3. The summed E-state index contributed by atoms with van der Waals surface area (Å²) in [7, 11) is 3.25. The van der Waals surface area contributed by atoms with Crippen molar-refractivity contribution in [3.05, 3.63) is 18.5 Å². The fraction of sp³-hybridized carbons (Fsp3) is 0.500. The number of rotatable bonds is 3. The zero-order valence-electron chi connectivity index (χ0n) is 13.4. The Morgan fingerprint density at radius 3 is 2.45 bits per heavy atom. The average Bonchev–Trinajstić information content (AvgIpc) is 2.52. The van der Waals surface area contributed by atoms with Crippen LogP contribution in [0.25, 0.3) is 10.9 Å². The highest BCUT2D eigenvalue weighted by Gasteiger charge is 2.25. The van der Waals surface area contributed by atoms with Crippen LogP contribution in [0.2, 0.25) is 0 Å². The van der Waals surface area contributed by atoms with Gasteiger partial charge < -0.3 is 19.1 Å². The second-order valence-corrected chi connectivity index (χ2v) is 5.56. The zero-order chi connectivity index (χ0) is 15.7. The number of nitrogens with zero attached hydrogens (tertiary/aromatic N) is 3. The molecule has 6 nitrogen and oxygen atoms in total. The van der Waals surface area contributed by atoms with Gasteiger partial charge >= 0.3 is 0 Å². The van der Waals surface area contributed by atoms with Crippen LogP contribution in [-0.4, -0.2) is 49.5 Å². The quantitative estimate of drug-likeness (QED) is 0.867. The van der Waals surface area contributed by atoms with Crippen LogP contribution in [0.15, 0.2) is 18.5 Å². The molecule has 0 unspecified atom stereocenters. The van der Waals surface area contributed by atoms with Crippen molar-refractivity contribution in [2.45, 2.75) is 26.1 Å². The Morgan fingerprint density at radius 1 is 1.09 bits per heavy atom. The highest BCUT2D eigenvalue weighted by molar-refractivity contribution is 5.95. The van der Waals surface area contributed by atoms with Gasteiger partial charge in [0.25, 0.3) is 0 Å². The highest BCUT2D eigenvalue weighted by Crippen LogP contribution is 2.37. The minimum absolute atomic E-state index is 0.175. The van der Waals surface area contributed by atoms with Gasteiger partial charge in [-0.15, -0.1) is 0 Å². The van der Waals surface area contributed by atoms with Gasteiger partial charge in [0, 0.05) is 18.5 Å². The molecule has 6 heteroatoms. The van der Waals surface area contributed by atoms with E-state index >= 15 is 0 Å². The molecule has 2 atom stereocenters. The first kappa shape index (κ1) is 14.8. The van der Waals surface area contributed by atoms with Gasteiger partial charge in [0.2, 0.25) is 0 Å². The molecule has 118 valence electrons. The standard InChI is InChI=1S/C16H21N3O3/c1-10-7-19(8-11(2)22-10)16-12-5-6-13(20-3)15(21-4)14(12)17-9-18-16/h5-6,9-11H,7-8H2,1-4H3/t10-,11+. The van der Waals surface area contributed by atoms with Gasteiger partial charge in [-0.2, -0.15) is 0 Å². The number of hydrogen-bond donors (Lipinski definition) is 0. The van der Waals surface area contributed by atoms with Crippen LogP contribution in [0.1, 0.15) is 13.8 Å². The van der Waals surface area contributed by atoms with E-state index in [9.17, 15) is 0 Å². The van der Waals surface area contributed by atoms with Crippen molar-refractivity contribution in [1.29, 1.82) is 0 Å². The number of fused-ring (bicyclic) bond motifs is 1. The van der Waals surface area contributed by atoms with Gasteiger partial charge in [-0.3, -0.25) is 0 Å². The largest absolute Gasteiger partial charge is 0.493 e. The van der Waals surface area contributed by atoms with Gasteiger partial charge in [-0.05, 0) is 26.0 Å². The second kappa shape index (κ2) is 5.96. The molecular formula is C16H21N3O3. The number of benzene rings is 1. The van der Waals surface area contributed by atoms with Crippen LogP contribution >= 0.6 is 0 Å². The lowest BCUT2D eigenvalue weighted by atomic mass is 10.1. The van der Waals surface area contributed by atoms with Crippen molar-refractivity contribution >= 4 is 16.7 Å². The molecule has 1 aromatic heterocycles. The molecule has 22 heavy (non-hydrogen) atoms. The van der Waals surface area contributed by atoms with Crippen LogP contribution in [0, 0.1) is 0 Å². The molecule has 0 aliphatic carbocycles. The van der Waals surface area contributed by atoms with Crippen LogP contribution in [-0.2, 0) is 4.74 Å². The molecule has 1 aliphatic heterocycles. The third kappa shape index (κ3) is 2.54. The van der Waals surface area contributed by atoms with Gasteiger partial charge in [-0.1, -0.05) is 0 Å². The molecule has 1 saturated heterocycles. The first-order chi connectivity index (χ1) is 10.6. The molecule has 1 aliphatic rings. The first-order valence-electron chi connectivity index (χ1n) is 7.40. The molecule has 0 N–H and O–H groups in total. The predicted molar refractivity (Wildman–Crippen MR) is 84.9 cm³/mol. The Kier molecular flexibility index (Phi) is 4.02. The molecule has 1 fully saturated rings. The van der Waals surface area contributed by atoms with E-state index in [1.165, 1.54) is 0 Å². The lowest BCUT2D eigenvalue weighted by Crippen LogP contribution is -2.45. The van der Waals surface area contributed by atoms with Gasteiger partial charge in [-0.25, -0.2) is 9.97 Å². The summed E-state index contributed by atoms with van der Waals surface area (Å²) >= 11 is 0. The Morgan fingerprint density at radius 2 is 1.82 bits per heavy atom. The number of anilines is 1. The summed E-state index contributed by atoms with van der Waals surface area (Å²) in [6.45, 7) is 5.78. The molecule has 0 bridgehead atoms. The highest BCUT2D eigenvalue weighted by atomic mass is 16.5. The minimum atomic E-state index is 0.175. The molecule has 0 amide bonds. The van der Waals surface area contributed by atoms with Crippen molar-refractivity contribution < 1.29 is 14.2 Å². The summed E-state index contributed by atoms with van der Waals surface area (Å²) < 4.78 is 16.6. The average molecular weight is 303 g/mol. The lowest BCUT2D eigenvalue weighted by molar-refractivity contribution is -0.00537. The molecule has 1 aromatic carbocycles. The maximum Gasteiger partial charge on any atom is 0.187 e. The first-order valence-corrected chi connectivity index (χ1v) is 7.40. The topological polar surface area (TPSA) is 56.7 Å².